The molecule has 0 saturated heterocycles. The summed E-state index contributed by atoms with van der Waals surface area (Å²) < 4.78 is 5.42. The lowest BCUT2D eigenvalue weighted by molar-refractivity contribution is -0.384. The molecule has 0 saturated carbocycles. The fraction of sp³-hybridized carbons (Fsp3) is 0.0909. The molecule has 0 spiro atoms. The average Bonchev–Trinajstić information content (AvgIpc) is 2.42. The summed E-state index contributed by atoms with van der Waals surface area (Å²) in [7, 11) is 1.68. The Bertz CT molecular complexity index is 643. The monoisotopic (exact) mass is 314 g/mol. The Kier molecular flexibility index (Phi) is 4.21. The Morgan fingerprint density at radius 1 is 1.30 bits per heavy atom. The van der Waals surface area contributed by atoms with Crippen LogP contribution in [0.2, 0.25) is 10.0 Å². The summed E-state index contributed by atoms with van der Waals surface area (Å²) in [5.74, 6) is 0.743. The van der Waals surface area contributed by atoms with E-state index in [0.717, 1.165) is 12.1 Å². The molecule has 1 aromatic heterocycles. The van der Waals surface area contributed by atoms with Crippen LogP contribution >= 0.6 is 23.2 Å². The molecule has 20 heavy (non-hydrogen) atoms. The number of rotatable bonds is 4. The van der Waals surface area contributed by atoms with Crippen molar-refractivity contribution in [2.75, 3.05) is 12.4 Å². The van der Waals surface area contributed by atoms with Crippen LogP contribution in [0.1, 0.15) is 0 Å². The van der Waals surface area contributed by atoms with Crippen molar-refractivity contribution in [3.63, 3.8) is 0 Å². The fourth-order valence-electron chi connectivity index (χ4n) is 1.37. The van der Waals surface area contributed by atoms with Gasteiger partial charge in [0, 0.05) is 19.2 Å². The van der Waals surface area contributed by atoms with Gasteiger partial charge in [0.2, 0.25) is 5.88 Å². The third-order valence-corrected chi connectivity index (χ3v) is 2.83. The fourth-order valence-corrected chi connectivity index (χ4v) is 1.92. The normalized spacial score (nSPS) is 10.2. The smallest absolute Gasteiger partial charge is 0.272 e. The van der Waals surface area contributed by atoms with E-state index in [2.05, 4.69) is 15.3 Å². The van der Waals surface area contributed by atoms with Crippen molar-refractivity contribution in [1.29, 1.82) is 0 Å². The molecule has 0 unspecified atom stereocenters. The molecule has 104 valence electrons. The summed E-state index contributed by atoms with van der Waals surface area (Å²) in [6, 6.07) is 2.30. The second kappa shape index (κ2) is 5.89. The number of nitro benzene ring substituents is 1. The molecule has 0 aliphatic rings. The molecule has 7 nitrogen and oxygen atoms in total. The van der Waals surface area contributed by atoms with Gasteiger partial charge in [0.1, 0.15) is 5.82 Å². The van der Waals surface area contributed by atoms with E-state index in [1.807, 2.05) is 0 Å². The van der Waals surface area contributed by atoms with E-state index in [0.29, 0.717) is 5.82 Å². The number of hydrogen-bond acceptors (Lipinski definition) is 6. The molecule has 1 N–H and O–H groups in total. The van der Waals surface area contributed by atoms with Gasteiger partial charge in [0.05, 0.1) is 27.4 Å². The molecule has 9 heteroatoms. The number of nitro groups is 1. The SMILES string of the molecule is CNc1cncc(Oc2c(Cl)cc([N+](=O)[O-])cc2Cl)n1. The van der Waals surface area contributed by atoms with Crippen molar-refractivity contribution in [2.45, 2.75) is 0 Å². The van der Waals surface area contributed by atoms with E-state index >= 15 is 0 Å². The van der Waals surface area contributed by atoms with E-state index in [4.69, 9.17) is 27.9 Å². The first-order valence-corrected chi connectivity index (χ1v) is 6.08. The van der Waals surface area contributed by atoms with Crippen LogP contribution in [0.3, 0.4) is 0 Å². The van der Waals surface area contributed by atoms with Gasteiger partial charge in [-0.3, -0.25) is 15.1 Å². The predicted molar refractivity (Wildman–Crippen MR) is 74.8 cm³/mol. The highest BCUT2D eigenvalue weighted by Crippen LogP contribution is 2.38. The van der Waals surface area contributed by atoms with E-state index in [1.165, 1.54) is 12.4 Å². The standard InChI is InChI=1S/C11H8Cl2N4O3/c1-14-9-4-15-5-10(16-9)20-11-7(12)2-6(17(18)19)3-8(11)13/h2-5H,1H3,(H,14,16). The minimum atomic E-state index is -0.594. The Hall–Kier alpha value is -2.12. The van der Waals surface area contributed by atoms with Crippen LogP contribution in [0.4, 0.5) is 11.5 Å². The number of ether oxygens (including phenoxy) is 1. The number of non-ortho nitro benzene ring substituents is 1. The summed E-state index contributed by atoms with van der Waals surface area (Å²) in [6.07, 6.45) is 2.88. The molecule has 0 aliphatic heterocycles. The molecular weight excluding hydrogens is 307 g/mol. The van der Waals surface area contributed by atoms with Crippen LogP contribution in [0, 0.1) is 10.1 Å². The van der Waals surface area contributed by atoms with Crippen molar-refractivity contribution in [2.24, 2.45) is 0 Å². The lowest BCUT2D eigenvalue weighted by Gasteiger charge is -2.09. The Morgan fingerprint density at radius 2 is 1.95 bits per heavy atom. The quantitative estimate of drug-likeness (QED) is 0.685. The first-order valence-electron chi connectivity index (χ1n) is 5.32. The number of hydrogen-bond donors (Lipinski definition) is 1. The van der Waals surface area contributed by atoms with Crippen molar-refractivity contribution in [1.82, 2.24) is 9.97 Å². The van der Waals surface area contributed by atoms with E-state index in [-0.39, 0.29) is 27.4 Å². The van der Waals surface area contributed by atoms with Gasteiger partial charge >= 0.3 is 0 Å². The molecule has 0 radical (unpaired) electrons. The second-order valence-electron chi connectivity index (χ2n) is 3.59. The summed E-state index contributed by atoms with van der Waals surface area (Å²) in [4.78, 5) is 18.1. The second-order valence-corrected chi connectivity index (χ2v) is 4.40. The van der Waals surface area contributed by atoms with Crippen molar-refractivity contribution >= 4 is 34.7 Å². The molecule has 1 aromatic carbocycles. The third-order valence-electron chi connectivity index (χ3n) is 2.27. The lowest BCUT2D eigenvalue weighted by Crippen LogP contribution is -1.97. The molecular formula is C11H8Cl2N4O3. The van der Waals surface area contributed by atoms with E-state index < -0.39 is 4.92 Å². The zero-order valence-electron chi connectivity index (χ0n) is 10.1. The molecule has 2 aromatic rings. The van der Waals surface area contributed by atoms with Gasteiger partial charge < -0.3 is 10.1 Å². The van der Waals surface area contributed by atoms with Gasteiger partial charge in [0.15, 0.2) is 5.75 Å². The topological polar surface area (TPSA) is 90.2 Å². The van der Waals surface area contributed by atoms with Crippen LogP contribution in [-0.2, 0) is 0 Å². The van der Waals surface area contributed by atoms with Crippen molar-refractivity contribution < 1.29 is 9.66 Å². The van der Waals surface area contributed by atoms with E-state index in [9.17, 15) is 10.1 Å². The van der Waals surface area contributed by atoms with Crippen LogP contribution in [0.5, 0.6) is 11.6 Å². The zero-order chi connectivity index (χ0) is 14.7. The highest BCUT2D eigenvalue weighted by molar-refractivity contribution is 6.37. The number of nitrogens with zero attached hydrogens (tertiary/aromatic N) is 3. The molecule has 0 atom stereocenters. The highest BCUT2D eigenvalue weighted by atomic mass is 35.5. The van der Waals surface area contributed by atoms with Crippen LogP contribution in [-0.4, -0.2) is 21.9 Å². The lowest BCUT2D eigenvalue weighted by atomic mass is 10.3. The number of halogens is 2. The van der Waals surface area contributed by atoms with Gasteiger partial charge in [-0.25, -0.2) is 0 Å². The maximum Gasteiger partial charge on any atom is 0.272 e. The Morgan fingerprint density at radius 3 is 2.50 bits per heavy atom. The van der Waals surface area contributed by atoms with E-state index in [1.54, 1.807) is 7.05 Å². The van der Waals surface area contributed by atoms with Gasteiger partial charge in [-0.15, -0.1) is 0 Å². The summed E-state index contributed by atoms with van der Waals surface area (Å²) in [6.45, 7) is 0. The molecule has 0 bridgehead atoms. The maximum atomic E-state index is 10.7. The number of benzene rings is 1. The van der Waals surface area contributed by atoms with Crippen LogP contribution in [0.25, 0.3) is 0 Å². The van der Waals surface area contributed by atoms with Gasteiger partial charge in [0.25, 0.3) is 5.69 Å². The number of anilines is 1. The van der Waals surface area contributed by atoms with Gasteiger partial charge in [-0.2, -0.15) is 4.98 Å². The van der Waals surface area contributed by atoms with Crippen LogP contribution < -0.4 is 10.1 Å². The van der Waals surface area contributed by atoms with Crippen LogP contribution in [0.15, 0.2) is 24.5 Å². The minimum Gasteiger partial charge on any atom is -0.434 e. The summed E-state index contributed by atoms with van der Waals surface area (Å²) in [5.41, 5.74) is -0.220. The molecule has 0 fully saturated rings. The van der Waals surface area contributed by atoms with Crippen molar-refractivity contribution in [3.05, 3.63) is 44.7 Å². The summed E-state index contributed by atoms with van der Waals surface area (Å²) >= 11 is 11.8. The molecule has 0 aliphatic carbocycles. The van der Waals surface area contributed by atoms with Crippen molar-refractivity contribution in [3.8, 4) is 11.6 Å². The predicted octanol–water partition coefficient (Wildman–Crippen LogP) is 3.53. The highest BCUT2D eigenvalue weighted by Gasteiger charge is 2.17. The molecule has 2 rings (SSSR count). The Labute approximate surface area is 123 Å². The molecule has 0 amide bonds. The summed E-state index contributed by atoms with van der Waals surface area (Å²) in [5, 5.41) is 13.5. The van der Waals surface area contributed by atoms with Gasteiger partial charge in [-0.05, 0) is 0 Å². The molecule has 1 heterocycles. The van der Waals surface area contributed by atoms with Gasteiger partial charge in [-0.1, -0.05) is 23.2 Å². The minimum absolute atomic E-state index is 0.0147. The first-order chi connectivity index (χ1) is 9.51. The third kappa shape index (κ3) is 3.06. The first kappa shape index (κ1) is 14.3. The number of nitrogens with one attached hydrogen (secondary N) is 1. The Balaban J connectivity index is 2.36. The average molecular weight is 315 g/mol. The zero-order valence-corrected chi connectivity index (χ0v) is 11.6. The number of aromatic nitrogens is 2. The largest absolute Gasteiger partial charge is 0.434 e. The maximum absolute atomic E-state index is 10.7.